The molecule has 0 radical (unpaired) electrons. The molecule has 0 rings (SSSR count). The normalized spacial score (nSPS) is 12.6. The highest BCUT2D eigenvalue weighted by molar-refractivity contribution is 5.64. The van der Waals surface area contributed by atoms with E-state index in [0.29, 0.717) is 0 Å². The summed E-state index contributed by atoms with van der Waals surface area (Å²) in [5.74, 6) is 0. The van der Waals surface area contributed by atoms with Crippen LogP contribution in [0, 0.1) is 0 Å². The fourth-order valence-electron chi connectivity index (χ4n) is 0.387. The molecule has 1 amide bonds. The molecule has 5 heteroatoms. The van der Waals surface area contributed by atoms with E-state index in [2.05, 4.69) is 10.5 Å². The van der Waals surface area contributed by atoms with Crippen LogP contribution in [-0.2, 0) is 4.74 Å². The molecule has 0 saturated carbocycles. The molecule has 1 atom stereocenters. The summed E-state index contributed by atoms with van der Waals surface area (Å²) in [6.07, 6.45) is -1.50. The van der Waals surface area contributed by atoms with E-state index in [9.17, 15) is 4.79 Å². The minimum atomic E-state index is -0.870. The van der Waals surface area contributed by atoms with E-state index in [1.807, 2.05) is 0 Å². The summed E-state index contributed by atoms with van der Waals surface area (Å²) in [7, 11) is 0. The number of hydrogen-bond acceptors (Lipinski definition) is 4. The maximum Gasteiger partial charge on any atom is 0.404 e. The summed E-state index contributed by atoms with van der Waals surface area (Å²) in [5, 5.41) is 17.0. The van der Waals surface area contributed by atoms with Crippen LogP contribution in [0.15, 0.2) is 0 Å². The average molecular weight is 149 g/mol. The Morgan fingerprint density at radius 1 is 1.70 bits per heavy atom. The van der Waals surface area contributed by atoms with Crippen molar-refractivity contribution in [3.8, 4) is 0 Å². The zero-order valence-electron chi connectivity index (χ0n) is 5.49. The van der Waals surface area contributed by atoms with Crippen LogP contribution in [0.4, 0.5) is 4.79 Å². The fraction of sp³-hybridized carbons (Fsp3) is 0.800. The second kappa shape index (κ2) is 5.01. The van der Waals surface area contributed by atoms with Gasteiger partial charge in [-0.2, -0.15) is 0 Å². The van der Waals surface area contributed by atoms with Crippen LogP contribution in [0.2, 0.25) is 0 Å². The number of aliphatic hydroxyl groups is 2. The predicted octanol–water partition coefficient (Wildman–Crippen LogP) is -1.18. The predicted molar refractivity (Wildman–Crippen MR) is 33.2 cm³/mol. The maximum atomic E-state index is 9.92. The Morgan fingerprint density at radius 2 is 2.30 bits per heavy atom. The second-order valence-electron chi connectivity index (χ2n) is 1.79. The maximum absolute atomic E-state index is 9.92. The standard InChI is InChI=1S/C5H11NO4/c6-5(9)10-2-1-4(8)3-7/h4,7-8H,1-3H2,(H2,6,9). The fourth-order valence-corrected chi connectivity index (χ4v) is 0.387. The molecule has 0 fully saturated rings. The van der Waals surface area contributed by atoms with Crippen molar-refractivity contribution >= 4 is 6.09 Å². The lowest BCUT2D eigenvalue weighted by atomic mass is 10.3. The van der Waals surface area contributed by atoms with Crippen LogP contribution in [0.1, 0.15) is 6.42 Å². The van der Waals surface area contributed by atoms with Crippen LogP contribution in [0.3, 0.4) is 0 Å². The molecule has 0 saturated heterocycles. The molecular weight excluding hydrogens is 138 g/mol. The summed E-state index contributed by atoms with van der Waals surface area (Å²) in [6.45, 7) is -0.292. The van der Waals surface area contributed by atoms with Crippen molar-refractivity contribution in [3.05, 3.63) is 0 Å². The summed E-state index contributed by atoms with van der Waals surface area (Å²) in [5.41, 5.74) is 4.61. The zero-order chi connectivity index (χ0) is 7.98. The van der Waals surface area contributed by atoms with Crippen LogP contribution < -0.4 is 5.73 Å². The molecule has 10 heavy (non-hydrogen) atoms. The largest absolute Gasteiger partial charge is 0.450 e. The van der Waals surface area contributed by atoms with Crippen molar-refractivity contribution in [2.24, 2.45) is 5.73 Å². The Morgan fingerprint density at radius 3 is 2.70 bits per heavy atom. The van der Waals surface area contributed by atoms with E-state index in [0.717, 1.165) is 0 Å². The molecule has 0 spiro atoms. The van der Waals surface area contributed by atoms with Gasteiger partial charge in [0.2, 0.25) is 0 Å². The zero-order valence-corrected chi connectivity index (χ0v) is 5.49. The Kier molecular flexibility index (Phi) is 4.61. The van der Waals surface area contributed by atoms with Crippen LogP contribution in [0.25, 0.3) is 0 Å². The highest BCUT2D eigenvalue weighted by Crippen LogP contribution is 1.89. The van der Waals surface area contributed by atoms with Gasteiger partial charge in [0.15, 0.2) is 0 Å². The molecule has 0 aromatic heterocycles. The highest BCUT2D eigenvalue weighted by Gasteiger charge is 2.01. The molecule has 0 heterocycles. The topological polar surface area (TPSA) is 92.8 Å². The van der Waals surface area contributed by atoms with Crippen molar-refractivity contribution in [1.82, 2.24) is 0 Å². The van der Waals surface area contributed by atoms with Crippen molar-refractivity contribution in [1.29, 1.82) is 0 Å². The number of primary amides is 1. The van der Waals surface area contributed by atoms with E-state index >= 15 is 0 Å². The monoisotopic (exact) mass is 149 g/mol. The number of amides is 1. The van der Waals surface area contributed by atoms with E-state index in [4.69, 9.17) is 10.2 Å². The minimum Gasteiger partial charge on any atom is -0.450 e. The molecule has 60 valence electrons. The summed E-state index contributed by atoms with van der Waals surface area (Å²) < 4.78 is 4.28. The number of hydrogen-bond donors (Lipinski definition) is 3. The van der Waals surface area contributed by atoms with Crippen molar-refractivity contribution < 1.29 is 19.7 Å². The number of carbonyl (C=O) groups is 1. The minimum absolute atomic E-state index is 0.0388. The smallest absolute Gasteiger partial charge is 0.404 e. The lowest BCUT2D eigenvalue weighted by Gasteiger charge is -2.05. The number of nitrogens with two attached hydrogens (primary N) is 1. The van der Waals surface area contributed by atoms with Gasteiger partial charge in [-0.1, -0.05) is 0 Å². The third kappa shape index (κ3) is 5.33. The lowest BCUT2D eigenvalue weighted by Crippen LogP contribution is -2.19. The third-order valence-corrected chi connectivity index (χ3v) is 0.906. The van der Waals surface area contributed by atoms with E-state index in [-0.39, 0.29) is 19.6 Å². The Labute approximate surface area is 58.4 Å². The first-order chi connectivity index (χ1) is 4.66. The van der Waals surface area contributed by atoms with Gasteiger partial charge in [-0.3, -0.25) is 0 Å². The van der Waals surface area contributed by atoms with Gasteiger partial charge in [-0.25, -0.2) is 4.79 Å². The van der Waals surface area contributed by atoms with Gasteiger partial charge in [-0.05, 0) is 0 Å². The van der Waals surface area contributed by atoms with Gasteiger partial charge in [-0.15, -0.1) is 0 Å². The first kappa shape index (κ1) is 9.19. The molecular formula is C5H11NO4. The summed E-state index contributed by atoms with van der Waals surface area (Å²) >= 11 is 0. The van der Waals surface area contributed by atoms with Crippen molar-refractivity contribution in [3.63, 3.8) is 0 Å². The molecule has 4 N–H and O–H groups in total. The van der Waals surface area contributed by atoms with E-state index in [1.54, 1.807) is 0 Å². The molecule has 1 unspecified atom stereocenters. The highest BCUT2D eigenvalue weighted by atomic mass is 16.5. The van der Waals surface area contributed by atoms with Gasteiger partial charge in [0.05, 0.1) is 19.3 Å². The molecule has 0 aliphatic carbocycles. The molecule has 0 aromatic carbocycles. The van der Waals surface area contributed by atoms with Gasteiger partial charge >= 0.3 is 6.09 Å². The number of aliphatic hydroxyl groups excluding tert-OH is 2. The second-order valence-corrected chi connectivity index (χ2v) is 1.79. The van der Waals surface area contributed by atoms with Crippen LogP contribution in [-0.4, -0.2) is 35.6 Å². The Hall–Kier alpha value is -0.810. The van der Waals surface area contributed by atoms with Gasteiger partial charge in [0, 0.05) is 6.42 Å². The van der Waals surface area contributed by atoms with E-state index < -0.39 is 12.2 Å². The first-order valence-corrected chi connectivity index (χ1v) is 2.88. The van der Waals surface area contributed by atoms with Gasteiger partial charge < -0.3 is 20.7 Å². The Bertz CT molecular complexity index is 106. The molecule has 0 aliphatic heterocycles. The first-order valence-electron chi connectivity index (χ1n) is 2.88. The molecule has 0 aromatic rings. The van der Waals surface area contributed by atoms with Crippen molar-refractivity contribution in [2.45, 2.75) is 12.5 Å². The Balaban J connectivity index is 3.11. The third-order valence-electron chi connectivity index (χ3n) is 0.906. The summed E-state index contributed by atoms with van der Waals surface area (Å²) in [6, 6.07) is 0. The SMILES string of the molecule is NC(=O)OCCC(O)CO. The summed E-state index contributed by atoms with van der Waals surface area (Å²) in [4.78, 5) is 9.92. The molecule has 0 bridgehead atoms. The number of ether oxygens (including phenoxy) is 1. The van der Waals surface area contributed by atoms with Gasteiger partial charge in [0.25, 0.3) is 0 Å². The van der Waals surface area contributed by atoms with Crippen LogP contribution in [0.5, 0.6) is 0 Å². The average Bonchev–Trinajstić information content (AvgIpc) is 1.87. The number of carbonyl (C=O) groups excluding carboxylic acids is 1. The molecule has 0 aliphatic rings. The number of rotatable bonds is 4. The lowest BCUT2D eigenvalue weighted by molar-refractivity contribution is 0.0658. The van der Waals surface area contributed by atoms with Crippen LogP contribution >= 0.6 is 0 Å². The van der Waals surface area contributed by atoms with Gasteiger partial charge in [0.1, 0.15) is 0 Å². The molecule has 5 nitrogen and oxygen atoms in total. The quantitative estimate of drug-likeness (QED) is 0.469. The van der Waals surface area contributed by atoms with Crippen molar-refractivity contribution in [2.75, 3.05) is 13.2 Å². The van der Waals surface area contributed by atoms with E-state index in [1.165, 1.54) is 0 Å².